The Morgan fingerprint density at radius 3 is 2.36 bits per heavy atom. The number of ether oxygens (including phenoxy) is 1. The molecule has 0 atom stereocenters. The van der Waals surface area contributed by atoms with Crippen molar-refractivity contribution < 1.29 is 27.6 Å². The minimum Gasteiger partial charge on any atom is -0.456 e. The number of carbonyl (C=O) groups is 2. The van der Waals surface area contributed by atoms with Crippen LogP contribution < -0.4 is 0 Å². The Hall–Kier alpha value is -4.53. The van der Waals surface area contributed by atoms with Gasteiger partial charge in [-0.2, -0.15) is 0 Å². The molecule has 1 saturated heterocycles. The van der Waals surface area contributed by atoms with Crippen molar-refractivity contribution in [3.8, 4) is 11.1 Å². The average Bonchev–Trinajstić information content (AvgIpc) is 3.41. The fourth-order valence-electron chi connectivity index (χ4n) is 5.61. The Morgan fingerprint density at radius 2 is 1.74 bits per heavy atom. The molecular formula is C33H31F2N3O4. The van der Waals surface area contributed by atoms with E-state index in [9.17, 15) is 18.4 Å². The highest BCUT2D eigenvalue weighted by molar-refractivity contribution is 6.19. The standard InChI is InChI=1S/C33H31F2N3O4/c1-18-29(19(2)42-36-18)22-13-26(32(40)41-33(3,4)5)30-25-12-21(31(39)37-16-24(35)17-37)8-11-27(25)38(28(30)14-22)15-20-6-9-23(34)10-7-20/h6-14,24H,15-17H2,1-5H3. The first-order valence-corrected chi connectivity index (χ1v) is 13.8. The van der Waals surface area contributed by atoms with E-state index >= 15 is 0 Å². The van der Waals surface area contributed by atoms with Gasteiger partial charge in [0.1, 0.15) is 23.4 Å². The molecule has 3 heterocycles. The molecule has 7 nitrogen and oxygen atoms in total. The Bertz CT molecular complexity index is 1840. The van der Waals surface area contributed by atoms with Gasteiger partial charge in [0, 0.05) is 34.0 Å². The second-order valence-corrected chi connectivity index (χ2v) is 11.9. The zero-order valence-corrected chi connectivity index (χ0v) is 24.1. The molecule has 6 rings (SSSR count). The highest BCUT2D eigenvalue weighted by Gasteiger charge is 2.32. The van der Waals surface area contributed by atoms with Crippen molar-refractivity contribution in [3.63, 3.8) is 0 Å². The third-order valence-electron chi connectivity index (χ3n) is 7.53. The molecule has 0 spiro atoms. The monoisotopic (exact) mass is 571 g/mol. The number of aryl methyl sites for hydroxylation is 2. The van der Waals surface area contributed by atoms with Crippen molar-refractivity contribution >= 4 is 33.7 Å². The minimum absolute atomic E-state index is 0.0627. The van der Waals surface area contributed by atoms with Crippen LogP contribution in [0, 0.1) is 19.7 Å². The number of benzene rings is 3. The van der Waals surface area contributed by atoms with Crippen LogP contribution in [-0.4, -0.2) is 51.4 Å². The molecule has 3 aromatic carbocycles. The van der Waals surface area contributed by atoms with Crippen LogP contribution in [0.15, 0.2) is 59.1 Å². The maximum Gasteiger partial charge on any atom is 0.339 e. The number of fused-ring (bicyclic) bond motifs is 3. The summed E-state index contributed by atoms with van der Waals surface area (Å²) in [6, 6.07) is 15.3. The van der Waals surface area contributed by atoms with Gasteiger partial charge >= 0.3 is 5.97 Å². The van der Waals surface area contributed by atoms with E-state index in [2.05, 4.69) is 5.16 Å². The maximum absolute atomic E-state index is 13.8. The van der Waals surface area contributed by atoms with E-state index in [-0.39, 0.29) is 24.8 Å². The normalized spacial score (nSPS) is 14.0. The van der Waals surface area contributed by atoms with E-state index in [4.69, 9.17) is 9.26 Å². The molecule has 216 valence electrons. The molecule has 1 amide bonds. The number of alkyl halides is 1. The lowest BCUT2D eigenvalue weighted by Crippen LogP contribution is -2.51. The highest BCUT2D eigenvalue weighted by Crippen LogP contribution is 2.39. The zero-order chi connectivity index (χ0) is 29.9. The molecule has 0 aliphatic carbocycles. The average molecular weight is 572 g/mol. The van der Waals surface area contributed by atoms with Gasteiger partial charge in [-0.3, -0.25) is 4.79 Å². The summed E-state index contributed by atoms with van der Waals surface area (Å²) in [5, 5.41) is 5.42. The van der Waals surface area contributed by atoms with Crippen LogP contribution in [0.4, 0.5) is 8.78 Å². The maximum atomic E-state index is 13.8. The number of amides is 1. The quantitative estimate of drug-likeness (QED) is 0.212. The lowest BCUT2D eigenvalue weighted by Gasteiger charge is -2.34. The van der Waals surface area contributed by atoms with Gasteiger partial charge in [-0.25, -0.2) is 13.6 Å². The summed E-state index contributed by atoms with van der Waals surface area (Å²) in [4.78, 5) is 28.5. The Kier molecular flexibility index (Phi) is 6.63. The van der Waals surface area contributed by atoms with Gasteiger partial charge in [-0.1, -0.05) is 17.3 Å². The molecule has 0 saturated carbocycles. The van der Waals surface area contributed by atoms with E-state index in [1.807, 2.05) is 30.5 Å². The SMILES string of the molecule is Cc1noc(C)c1-c1cc(C(=O)OC(C)(C)C)c2c3cc(C(=O)N4CC(F)C4)ccc3n(Cc3ccc(F)cc3)c2c1. The van der Waals surface area contributed by atoms with Gasteiger partial charge in [-0.15, -0.1) is 0 Å². The van der Waals surface area contributed by atoms with Crippen molar-refractivity contribution in [3.05, 3.63) is 88.6 Å². The summed E-state index contributed by atoms with van der Waals surface area (Å²) in [6.07, 6.45) is -1.02. The van der Waals surface area contributed by atoms with Crippen LogP contribution in [0.3, 0.4) is 0 Å². The summed E-state index contributed by atoms with van der Waals surface area (Å²) in [5.41, 5.74) is 4.52. The van der Waals surface area contributed by atoms with Crippen LogP contribution in [0.25, 0.3) is 32.9 Å². The molecule has 0 N–H and O–H groups in total. The molecule has 9 heteroatoms. The predicted molar refractivity (Wildman–Crippen MR) is 156 cm³/mol. The summed E-state index contributed by atoms with van der Waals surface area (Å²) < 4.78 is 40.6. The van der Waals surface area contributed by atoms with Crippen LogP contribution >= 0.6 is 0 Å². The molecular weight excluding hydrogens is 540 g/mol. The third-order valence-corrected chi connectivity index (χ3v) is 7.53. The van der Waals surface area contributed by atoms with Gasteiger partial charge in [0.2, 0.25) is 0 Å². The summed E-state index contributed by atoms with van der Waals surface area (Å²) in [5.74, 6) is -0.506. The van der Waals surface area contributed by atoms with Gasteiger partial charge in [0.05, 0.1) is 29.9 Å². The number of halogens is 2. The number of rotatable bonds is 5. The number of aromatic nitrogens is 2. The van der Waals surface area contributed by atoms with Gasteiger partial charge in [0.25, 0.3) is 5.91 Å². The summed E-state index contributed by atoms with van der Waals surface area (Å²) >= 11 is 0. The first kappa shape index (κ1) is 27.6. The van der Waals surface area contributed by atoms with Crippen LogP contribution in [0.1, 0.15) is 58.5 Å². The summed E-state index contributed by atoms with van der Waals surface area (Å²) in [7, 11) is 0. The molecule has 0 bridgehead atoms. The van der Waals surface area contributed by atoms with Crippen LogP contribution in [0.5, 0.6) is 0 Å². The molecule has 42 heavy (non-hydrogen) atoms. The van der Waals surface area contributed by atoms with E-state index in [0.717, 1.165) is 27.7 Å². The van der Waals surface area contributed by atoms with Crippen molar-refractivity contribution in [2.24, 2.45) is 0 Å². The van der Waals surface area contributed by atoms with Gasteiger partial charge < -0.3 is 18.7 Å². The Morgan fingerprint density at radius 1 is 1.02 bits per heavy atom. The van der Waals surface area contributed by atoms with E-state index in [0.29, 0.717) is 39.9 Å². The van der Waals surface area contributed by atoms with E-state index in [1.165, 1.54) is 17.0 Å². The third kappa shape index (κ3) is 4.93. The number of likely N-dealkylation sites (tertiary alicyclic amines) is 1. The van der Waals surface area contributed by atoms with Gasteiger partial charge in [0.15, 0.2) is 0 Å². The van der Waals surface area contributed by atoms with Crippen molar-refractivity contribution in [2.45, 2.75) is 52.9 Å². The first-order chi connectivity index (χ1) is 19.9. The highest BCUT2D eigenvalue weighted by atomic mass is 19.1. The van der Waals surface area contributed by atoms with Crippen molar-refractivity contribution in [1.82, 2.24) is 14.6 Å². The zero-order valence-electron chi connectivity index (χ0n) is 24.1. The topological polar surface area (TPSA) is 77.6 Å². The van der Waals surface area contributed by atoms with Crippen LogP contribution in [0.2, 0.25) is 0 Å². The van der Waals surface area contributed by atoms with E-state index < -0.39 is 17.7 Å². The van der Waals surface area contributed by atoms with Gasteiger partial charge in [-0.05, 0) is 88.2 Å². The second kappa shape index (κ2) is 10.1. The minimum atomic E-state index is -1.02. The fraction of sp³-hybridized carbons (Fsp3) is 0.303. The Labute approximate surface area is 241 Å². The molecule has 2 aromatic heterocycles. The van der Waals surface area contributed by atoms with Crippen molar-refractivity contribution in [2.75, 3.05) is 13.1 Å². The first-order valence-electron chi connectivity index (χ1n) is 13.8. The number of carbonyl (C=O) groups excluding carboxylic acids is 2. The molecule has 5 aromatic rings. The predicted octanol–water partition coefficient (Wildman–Crippen LogP) is 7.00. The lowest BCUT2D eigenvalue weighted by molar-refractivity contribution is 0.00718. The largest absolute Gasteiger partial charge is 0.456 e. The Balaban J connectivity index is 1.65. The van der Waals surface area contributed by atoms with Crippen molar-refractivity contribution in [1.29, 1.82) is 0 Å². The fourth-order valence-corrected chi connectivity index (χ4v) is 5.61. The lowest BCUT2D eigenvalue weighted by atomic mass is 9.97. The summed E-state index contributed by atoms with van der Waals surface area (Å²) in [6.45, 7) is 9.58. The van der Waals surface area contributed by atoms with E-state index in [1.54, 1.807) is 51.1 Å². The van der Waals surface area contributed by atoms with Crippen LogP contribution in [-0.2, 0) is 11.3 Å². The molecule has 1 fully saturated rings. The molecule has 0 unspecified atom stereocenters. The number of esters is 1. The number of hydrogen-bond acceptors (Lipinski definition) is 5. The number of hydrogen-bond donors (Lipinski definition) is 0. The second-order valence-electron chi connectivity index (χ2n) is 11.9. The molecule has 0 radical (unpaired) electrons. The molecule has 1 aliphatic rings. The smallest absolute Gasteiger partial charge is 0.339 e. The number of nitrogens with zero attached hydrogens (tertiary/aromatic N) is 3. The molecule has 1 aliphatic heterocycles.